The Kier molecular flexibility index (Phi) is 3.34. The van der Waals surface area contributed by atoms with Crippen molar-refractivity contribution < 1.29 is 9.13 Å². The molecule has 0 aliphatic carbocycles. The first kappa shape index (κ1) is 11.3. The quantitative estimate of drug-likeness (QED) is 0.827. The van der Waals surface area contributed by atoms with E-state index < -0.39 is 0 Å². The summed E-state index contributed by atoms with van der Waals surface area (Å²) in [6.07, 6.45) is 0. The van der Waals surface area contributed by atoms with Gasteiger partial charge in [-0.05, 0) is 25.5 Å². The van der Waals surface area contributed by atoms with Gasteiger partial charge >= 0.3 is 0 Å². The van der Waals surface area contributed by atoms with Gasteiger partial charge in [-0.15, -0.1) is 0 Å². The van der Waals surface area contributed by atoms with Crippen molar-refractivity contribution in [2.45, 2.75) is 19.9 Å². The number of benzene rings is 1. The van der Waals surface area contributed by atoms with Crippen LogP contribution in [0.3, 0.4) is 0 Å². The number of hydrogen-bond acceptors (Lipinski definition) is 2. The van der Waals surface area contributed by atoms with Crippen molar-refractivity contribution in [3.05, 3.63) is 28.0 Å². The lowest BCUT2D eigenvalue weighted by Gasteiger charge is -2.16. The summed E-state index contributed by atoms with van der Waals surface area (Å²) in [6.45, 7) is 3.42. The van der Waals surface area contributed by atoms with Crippen LogP contribution in [0, 0.1) is 12.7 Å². The third-order valence-corrected chi connectivity index (χ3v) is 2.42. The minimum atomic E-state index is -0.358. The third-order valence-electron chi connectivity index (χ3n) is 2.14. The zero-order valence-electron chi connectivity index (χ0n) is 8.40. The Morgan fingerprint density at radius 2 is 2.14 bits per heavy atom. The minimum Gasteiger partial charge on any atom is -0.495 e. The fourth-order valence-electron chi connectivity index (χ4n) is 1.47. The van der Waals surface area contributed by atoms with Crippen LogP contribution in [0.5, 0.6) is 5.75 Å². The summed E-state index contributed by atoms with van der Waals surface area (Å²) in [5.74, 6) is 0.101. The summed E-state index contributed by atoms with van der Waals surface area (Å²) in [5, 5.41) is 0.253. The van der Waals surface area contributed by atoms with Gasteiger partial charge in [-0.2, -0.15) is 0 Å². The fraction of sp³-hybridized carbons (Fsp3) is 0.400. The van der Waals surface area contributed by atoms with Crippen molar-refractivity contribution >= 4 is 11.6 Å². The maximum Gasteiger partial charge on any atom is 0.142 e. The summed E-state index contributed by atoms with van der Waals surface area (Å²) < 4.78 is 18.4. The van der Waals surface area contributed by atoms with Crippen LogP contribution in [0.2, 0.25) is 5.02 Å². The van der Waals surface area contributed by atoms with Gasteiger partial charge in [0, 0.05) is 11.6 Å². The van der Waals surface area contributed by atoms with Crippen molar-refractivity contribution in [1.29, 1.82) is 0 Å². The van der Waals surface area contributed by atoms with Gasteiger partial charge in [0.05, 0.1) is 12.1 Å². The largest absolute Gasteiger partial charge is 0.495 e. The lowest BCUT2D eigenvalue weighted by Crippen LogP contribution is -2.10. The lowest BCUT2D eigenvalue weighted by atomic mass is 10.0. The van der Waals surface area contributed by atoms with Gasteiger partial charge in [-0.25, -0.2) is 4.39 Å². The maximum absolute atomic E-state index is 13.3. The molecule has 0 saturated heterocycles. The molecule has 14 heavy (non-hydrogen) atoms. The molecule has 0 spiro atoms. The molecular weight excluding hydrogens is 205 g/mol. The highest BCUT2D eigenvalue weighted by Gasteiger charge is 2.17. The van der Waals surface area contributed by atoms with E-state index in [0.717, 1.165) is 0 Å². The molecule has 0 aliphatic heterocycles. The summed E-state index contributed by atoms with van der Waals surface area (Å²) in [6, 6.07) is 0.930. The van der Waals surface area contributed by atoms with Crippen molar-refractivity contribution in [2.75, 3.05) is 7.11 Å². The van der Waals surface area contributed by atoms with Crippen LogP contribution in [0.4, 0.5) is 4.39 Å². The molecule has 0 saturated carbocycles. The molecule has 1 unspecified atom stereocenters. The van der Waals surface area contributed by atoms with Crippen molar-refractivity contribution in [2.24, 2.45) is 5.73 Å². The summed E-state index contributed by atoms with van der Waals surface area (Å²) in [4.78, 5) is 0. The molecule has 0 heterocycles. The zero-order valence-corrected chi connectivity index (χ0v) is 9.15. The smallest absolute Gasteiger partial charge is 0.142 e. The van der Waals surface area contributed by atoms with E-state index in [2.05, 4.69) is 0 Å². The monoisotopic (exact) mass is 217 g/mol. The Bertz CT molecular complexity index is 352. The van der Waals surface area contributed by atoms with E-state index in [1.54, 1.807) is 13.8 Å². The van der Waals surface area contributed by atoms with Crippen LogP contribution in [0.15, 0.2) is 6.07 Å². The molecule has 1 rings (SSSR count). The lowest BCUT2D eigenvalue weighted by molar-refractivity contribution is 0.404. The van der Waals surface area contributed by atoms with Crippen LogP contribution in [0.1, 0.15) is 24.1 Å². The Hall–Kier alpha value is -0.800. The highest BCUT2D eigenvalue weighted by Crippen LogP contribution is 2.35. The molecule has 0 aromatic heterocycles. The van der Waals surface area contributed by atoms with Gasteiger partial charge < -0.3 is 10.5 Å². The topological polar surface area (TPSA) is 35.2 Å². The second-order valence-electron chi connectivity index (χ2n) is 3.20. The molecule has 1 aromatic rings. The van der Waals surface area contributed by atoms with Gasteiger partial charge in [0.25, 0.3) is 0 Å². The highest BCUT2D eigenvalue weighted by molar-refractivity contribution is 6.32. The van der Waals surface area contributed by atoms with Crippen molar-refractivity contribution in [1.82, 2.24) is 0 Å². The molecule has 4 heteroatoms. The molecular formula is C10H13ClFNO. The van der Waals surface area contributed by atoms with E-state index in [-0.39, 0.29) is 16.9 Å². The first-order chi connectivity index (χ1) is 6.49. The molecule has 78 valence electrons. The maximum atomic E-state index is 13.3. The van der Waals surface area contributed by atoms with Gasteiger partial charge in [0.15, 0.2) is 0 Å². The van der Waals surface area contributed by atoms with E-state index >= 15 is 0 Å². The van der Waals surface area contributed by atoms with Crippen LogP contribution in [0.25, 0.3) is 0 Å². The second-order valence-corrected chi connectivity index (χ2v) is 3.61. The molecule has 2 nitrogen and oxygen atoms in total. The Morgan fingerprint density at radius 1 is 1.57 bits per heavy atom. The number of nitrogens with two attached hydrogens (primary N) is 1. The molecule has 1 atom stereocenters. The van der Waals surface area contributed by atoms with Crippen molar-refractivity contribution in [3.8, 4) is 5.75 Å². The number of halogens is 2. The Morgan fingerprint density at radius 3 is 2.57 bits per heavy atom. The minimum absolute atomic E-state index is 0.253. The van der Waals surface area contributed by atoms with E-state index in [4.69, 9.17) is 22.1 Å². The zero-order chi connectivity index (χ0) is 10.9. The van der Waals surface area contributed by atoms with E-state index in [1.165, 1.54) is 13.2 Å². The first-order valence-electron chi connectivity index (χ1n) is 4.27. The van der Waals surface area contributed by atoms with Gasteiger partial charge in [0.1, 0.15) is 11.6 Å². The van der Waals surface area contributed by atoms with E-state index in [9.17, 15) is 4.39 Å². The van der Waals surface area contributed by atoms with Gasteiger partial charge in [-0.3, -0.25) is 0 Å². The van der Waals surface area contributed by atoms with E-state index in [1.807, 2.05) is 0 Å². The molecule has 0 aliphatic rings. The van der Waals surface area contributed by atoms with Crippen molar-refractivity contribution in [3.63, 3.8) is 0 Å². The summed E-state index contributed by atoms with van der Waals surface area (Å²) >= 11 is 5.83. The summed E-state index contributed by atoms with van der Waals surface area (Å²) in [7, 11) is 1.49. The van der Waals surface area contributed by atoms with Crippen LogP contribution < -0.4 is 10.5 Å². The molecule has 0 fully saturated rings. The number of hydrogen-bond donors (Lipinski definition) is 1. The molecule has 2 N–H and O–H groups in total. The second kappa shape index (κ2) is 4.15. The predicted octanol–water partition coefficient (Wildman–Crippen LogP) is 2.82. The van der Waals surface area contributed by atoms with Crippen LogP contribution in [-0.4, -0.2) is 7.11 Å². The Labute approximate surface area is 87.8 Å². The highest BCUT2D eigenvalue weighted by atomic mass is 35.5. The average molecular weight is 218 g/mol. The third kappa shape index (κ3) is 1.83. The van der Waals surface area contributed by atoms with Gasteiger partial charge in [-0.1, -0.05) is 11.6 Å². The molecule has 0 bridgehead atoms. The molecule has 0 radical (unpaired) electrons. The number of ether oxygens (including phenoxy) is 1. The fourth-order valence-corrected chi connectivity index (χ4v) is 1.74. The molecule has 1 aromatic carbocycles. The van der Waals surface area contributed by atoms with Crippen LogP contribution >= 0.6 is 11.6 Å². The Balaban J connectivity index is 3.48. The SMILES string of the molecule is COc1c(Cl)cc(F)c(C)c1C(C)N. The molecule has 0 amide bonds. The predicted molar refractivity (Wildman–Crippen MR) is 55.3 cm³/mol. The average Bonchev–Trinajstić information content (AvgIpc) is 2.10. The standard InChI is InChI=1S/C10H13ClFNO/c1-5-8(12)4-7(11)10(14-3)9(5)6(2)13/h4,6H,13H2,1-3H3. The number of rotatable bonds is 2. The normalized spacial score (nSPS) is 12.7. The number of methoxy groups -OCH3 is 1. The van der Waals surface area contributed by atoms with Gasteiger partial charge in [0.2, 0.25) is 0 Å². The van der Waals surface area contributed by atoms with Crippen LogP contribution in [-0.2, 0) is 0 Å². The summed E-state index contributed by atoms with van der Waals surface area (Å²) in [5.41, 5.74) is 6.83. The first-order valence-corrected chi connectivity index (χ1v) is 4.65. The van der Waals surface area contributed by atoms with E-state index in [0.29, 0.717) is 16.9 Å².